The van der Waals surface area contributed by atoms with Crippen LogP contribution in [0.2, 0.25) is 0 Å². The maximum absolute atomic E-state index is 3.24. The van der Waals surface area contributed by atoms with Gasteiger partial charge >= 0.3 is 0 Å². The van der Waals surface area contributed by atoms with Gasteiger partial charge in [0.2, 0.25) is 0 Å². The smallest absolute Gasteiger partial charge is 0.0456 e. The van der Waals surface area contributed by atoms with Crippen molar-refractivity contribution in [3.63, 3.8) is 0 Å². The summed E-state index contributed by atoms with van der Waals surface area (Å²) in [6.45, 7) is 6.43. The van der Waals surface area contributed by atoms with Crippen LogP contribution in [0, 0.1) is 0 Å². The van der Waals surface area contributed by atoms with Crippen LogP contribution in [-0.4, -0.2) is 4.98 Å². The van der Waals surface area contributed by atoms with E-state index in [1.165, 1.54) is 22.9 Å². The van der Waals surface area contributed by atoms with Gasteiger partial charge in [-0.2, -0.15) is 0 Å². The van der Waals surface area contributed by atoms with Crippen molar-refractivity contribution in [3.05, 3.63) is 36.0 Å². The Morgan fingerprint density at radius 1 is 1.14 bits per heavy atom. The van der Waals surface area contributed by atoms with Gasteiger partial charge < -0.3 is 4.98 Å². The summed E-state index contributed by atoms with van der Waals surface area (Å²) in [5.74, 6) is 0. The summed E-state index contributed by atoms with van der Waals surface area (Å²) in [6.07, 6.45) is 4.44. The Morgan fingerprint density at radius 3 is 2.43 bits per heavy atom. The number of rotatable bonds is 1. The number of fused-ring (bicyclic) bond motifs is 1. The highest BCUT2D eigenvalue weighted by molar-refractivity contribution is 5.82. The van der Waals surface area contributed by atoms with E-state index >= 15 is 0 Å². The van der Waals surface area contributed by atoms with Crippen LogP contribution >= 0.6 is 0 Å². The third kappa shape index (κ3) is 2.38. The first-order chi connectivity index (χ1) is 6.83. The molecule has 78 valence electrons. The van der Waals surface area contributed by atoms with Gasteiger partial charge in [-0.3, -0.25) is 0 Å². The topological polar surface area (TPSA) is 15.8 Å². The highest BCUT2D eigenvalue weighted by atomic mass is 14.7. The number of nitrogens with one attached hydrogen (secondary N) is 1. The van der Waals surface area contributed by atoms with Crippen LogP contribution in [0.25, 0.3) is 10.9 Å². The molecule has 0 aliphatic carbocycles. The molecule has 0 aliphatic heterocycles. The first kappa shape index (κ1) is 10.8. The lowest BCUT2D eigenvalue weighted by atomic mass is 10.1. The quantitative estimate of drug-likeness (QED) is 0.688. The zero-order valence-electron chi connectivity index (χ0n) is 9.30. The SMILES string of the molecule is CCC.CCc1c[nH]c2ccccc12.[HH]. The van der Waals surface area contributed by atoms with E-state index in [2.05, 4.69) is 56.2 Å². The predicted molar refractivity (Wildman–Crippen MR) is 65.8 cm³/mol. The molecule has 0 amide bonds. The minimum Gasteiger partial charge on any atom is -0.361 e. The van der Waals surface area contributed by atoms with E-state index < -0.39 is 0 Å². The summed E-state index contributed by atoms with van der Waals surface area (Å²) < 4.78 is 0. The van der Waals surface area contributed by atoms with Gasteiger partial charge in [-0.05, 0) is 18.1 Å². The molecular formula is C13H21N. The molecule has 2 rings (SSSR count). The molecule has 1 heteroatoms. The average molecular weight is 191 g/mol. The van der Waals surface area contributed by atoms with Gasteiger partial charge in [0.05, 0.1) is 0 Å². The Hall–Kier alpha value is -1.24. The number of aromatic amines is 1. The van der Waals surface area contributed by atoms with Crippen LogP contribution in [-0.2, 0) is 6.42 Å². The van der Waals surface area contributed by atoms with Crippen molar-refractivity contribution in [2.45, 2.75) is 33.6 Å². The molecule has 0 spiro atoms. The van der Waals surface area contributed by atoms with E-state index in [0.717, 1.165) is 6.42 Å². The molecular weight excluding hydrogens is 170 g/mol. The number of hydrogen-bond donors (Lipinski definition) is 1. The molecule has 1 heterocycles. The lowest BCUT2D eigenvalue weighted by Gasteiger charge is -1.90. The van der Waals surface area contributed by atoms with Crippen molar-refractivity contribution in [1.29, 1.82) is 0 Å². The minimum atomic E-state index is 0. The van der Waals surface area contributed by atoms with E-state index in [1.807, 2.05) is 0 Å². The van der Waals surface area contributed by atoms with Crippen LogP contribution in [0.4, 0.5) is 0 Å². The number of para-hydroxylation sites is 1. The van der Waals surface area contributed by atoms with E-state index in [9.17, 15) is 0 Å². The van der Waals surface area contributed by atoms with Crippen molar-refractivity contribution in [3.8, 4) is 0 Å². The maximum Gasteiger partial charge on any atom is 0.0456 e. The number of H-pyrrole nitrogens is 1. The van der Waals surface area contributed by atoms with Crippen LogP contribution in [0.15, 0.2) is 30.5 Å². The van der Waals surface area contributed by atoms with E-state index in [0.29, 0.717) is 0 Å². The molecule has 2 aromatic rings. The molecule has 0 aliphatic rings. The van der Waals surface area contributed by atoms with Crippen molar-refractivity contribution in [2.75, 3.05) is 0 Å². The molecule has 0 bridgehead atoms. The second kappa shape index (κ2) is 5.48. The minimum absolute atomic E-state index is 0. The molecule has 0 saturated heterocycles. The van der Waals surface area contributed by atoms with Crippen LogP contribution in [0.3, 0.4) is 0 Å². The Labute approximate surface area is 87.6 Å². The van der Waals surface area contributed by atoms with E-state index in [1.54, 1.807) is 0 Å². The standard InChI is InChI=1S/C10H11N.C3H8.H2/c1-2-8-7-11-10-6-4-3-5-9(8)10;1-3-2;/h3-7,11H,2H2,1H3;3H2,1-2H3;1H. The zero-order valence-corrected chi connectivity index (χ0v) is 9.30. The maximum atomic E-state index is 3.24. The molecule has 14 heavy (non-hydrogen) atoms. The summed E-state index contributed by atoms with van der Waals surface area (Å²) >= 11 is 0. The van der Waals surface area contributed by atoms with Crippen molar-refractivity contribution in [1.82, 2.24) is 4.98 Å². The molecule has 1 aromatic heterocycles. The zero-order chi connectivity index (χ0) is 10.4. The second-order valence-corrected chi connectivity index (χ2v) is 3.42. The van der Waals surface area contributed by atoms with E-state index in [4.69, 9.17) is 0 Å². The lowest BCUT2D eigenvalue weighted by Crippen LogP contribution is -1.72. The summed E-state index contributed by atoms with van der Waals surface area (Å²) in [5, 5.41) is 1.36. The number of aryl methyl sites for hydroxylation is 1. The first-order valence-electron chi connectivity index (χ1n) is 5.38. The number of aromatic nitrogens is 1. The van der Waals surface area contributed by atoms with Gasteiger partial charge in [0.15, 0.2) is 0 Å². The molecule has 1 aromatic carbocycles. The molecule has 0 atom stereocenters. The van der Waals surface area contributed by atoms with Gasteiger partial charge in [0.25, 0.3) is 0 Å². The van der Waals surface area contributed by atoms with Crippen LogP contribution in [0.5, 0.6) is 0 Å². The summed E-state index contributed by atoms with van der Waals surface area (Å²) in [5.41, 5.74) is 2.64. The van der Waals surface area contributed by atoms with Crippen LogP contribution in [0.1, 0.15) is 34.2 Å². The lowest BCUT2D eigenvalue weighted by molar-refractivity contribution is 1.09. The van der Waals surface area contributed by atoms with Crippen molar-refractivity contribution < 1.29 is 1.43 Å². The summed E-state index contributed by atoms with van der Waals surface area (Å²) in [6, 6.07) is 8.40. The summed E-state index contributed by atoms with van der Waals surface area (Å²) in [4.78, 5) is 3.24. The van der Waals surface area contributed by atoms with Gasteiger partial charge in [-0.15, -0.1) is 0 Å². The van der Waals surface area contributed by atoms with Gasteiger partial charge in [-0.25, -0.2) is 0 Å². The first-order valence-corrected chi connectivity index (χ1v) is 5.38. The van der Waals surface area contributed by atoms with Crippen molar-refractivity contribution >= 4 is 10.9 Å². The third-order valence-corrected chi connectivity index (χ3v) is 2.06. The Balaban J connectivity index is 0.000000443. The summed E-state index contributed by atoms with van der Waals surface area (Å²) in [7, 11) is 0. The predicted octanol–water partition coefficient (Wildman–Crippen LogP) is 4.39. The molecule has 1 nitrogen and oxygen atoms in total. The fourth-order valence-corrected chi connectivity index (χ4v) is 1.42. The Bertz CT molecular complexity index is 379. The Kier molecular flexibility index (Phi) is 4.24. The van der Waals surface area contributed by atoms with Crippen LogP contribution < -0.4 is 0 Å². The van der Waals surface area contributed by atoms with Gasteiger partial charge in [0, 0.05) is 18.5 Å². The average Bonchev–Trinajstić information content (AvgIpc) is 2.62. The Morgan fingerprint density at radius 2 is 1.79 bits per heavy atom. The van der Waals surface area contributed by atoms with E-state index in [-0.39, 0.29) is 1.43 Å². The normalized spacial score (nSPS) is 9.64. The molecule has 1 N–H and O–H groups in total. The highest BCUT2D eigenvalue weighted by Gasteiger charge is 1.97. The highest BCUT2D eigenvalue weighted by Crippen LogP contribution is 2.17. The number of hydrogen-bond acceptors (Lipinski definition) is 0. The fraction of sp³-hybridized carbons (Fsp3) is 0.385. The van der Waals surface area contributed by atoms with Gasteiger partial charge in [-0.1, -0.05) is 45.4 Å². The molecule has 0 fully saturated rings. The molecule has 0 saturated carbocycles. The molecule has 0 radical (unpaired) electrons. The van der Waals surface area contributed by atoms with Crippen molar-refractivity contribution in [2.24, 2.45) is 0 Å². The molecule has 0 unspecified atom stereocenters. The third-order valence-electron chi connectivity index (χ3n) is 2.06. The second-order valence-electron chi connectivity index (χ2n) is 3.42. The number of benzene rings is 1. The van der Waals surface area contributed by atoms with Gasteiger partial charge in [0.1, 0.15) is 0 Å². The fourth-order valence-electron chi connectivity index (χ4n) is 1.42. The monoisotopic (exact) mass is 191 g/mol. The largest absolute Gasteiger partial charge is 0.361 e.